The van der Waals surface area contributed by atoms with Gasteiger partial charge in [-0.25, -0.2) is 8.42 Å². The van der Waals surface area contributed by atoms with Crippen molar-refractivity contribution in [2.24, 2.45) is 17.3 Å². The lowest BCUT2D eigenvalue weighted by Gasteiger charge is -2.35. The Balaban J connectivity index is 2.29. The van der Waals surface area contributed by atoms with Crippen molar-refractivity contribution in [2.45, 2.75) is 44.5 Å². The topological polar surface area (TPSA) is 54.4 Å². The van der Waals surface area contributed by atoms with Gasteiger partial charge in [-0.3, -0.25) is 0 Å². The lowest BCUT2D eigenvalue weighted by Crippen LogP contribution is -2.47. The summed E-state index contributed by atoms with van der Waals surface area (Å²) in [7, 11) is -3.14. The van der Waals surface area contributed by atoms with Gasteiger partial charge in [0.1, 0.15) is 0 Å². The van der Waals surface area contributed by atoms with Gasteiger partial charge in [0.15, 0.2) is 9.84 Å². The molecular weight excluding hydrogens is 212 g/mol. The molecule has 2 fully saturated rings. The van der Waals surface area contributed by atoms with Crippen molar-refractivity contribution < 1.29 is 13.5 Å². The molecule has 3 nitrogen and oxygen atoms in total. The number of aliphatic hydroxyl groups is 1. The van der Waals surface area contributed by atoms with E-state index in [0.717, 1.165) is 0 Å². The third kappa shape index (κ3) is 1.62. The van der Waals surface area contributed by atoms with Gasteiger partial charge in [0, 0.05) is 6.26 Å². The standard InChI is InChI=1S/C11H20O3S/c1-10(2)7-5-9(15(4,13)14)11(3,12)6-8(7)10/h7-9,12H,5-6H2,1-4H3. The molecule has 0 radical (unpaired) electrons. The third-order valence-electron chi connectivity index (χ3n) is 4.60. The Hall–Kier alpha value is -0.0900. The van der Waals surface area contributed by atoms with E-state index in [1.54, 1.807) is 6.92 Å². The smallest absolute Gasteiger partial charge is 0.153 e. The van der Waals surface area contributed by atoms with E-state index >= 15 is 0 Å². The largest absolute Gasteiger partial charge is 0.389 e. The fraction of sp³-hybridized carbons (Fsp3) is 1.00. The normalized spacial score (nSPS) is 48.5. The van der Waals surface area contributed by atoms with E-state index in [1.807, 2.05) is 0 Å². The van der Waals surface area contributed by atoms with Gasteiger partial charge in [-0.15, -0.1) is 0 Å². The minimum absolute atomic E-state index is 0.226. The van der Waals surface area contributed by atoms with E-state index in [0.29, 0.717) is 24.7 Å². The van der Waals surface area contributed by atoms with Gasteiger partial charge >= 0.3 is 0 Å². The molecule has 0 saturated heterocycles. The lowest BCUT2D eigenvalue weighted by atomic mass is 9.86. The molecular formula is C11H20O3S. The zero-order valence-corrected chi connectivity index (χ0v) is 10.6. The predicted molar refractivity (Wildman–Crippen MR) is 59.3 cm³/mol. The van der Waals surface area contributed by atoms with Crippen molar-refractivity contribution in [3.63, 3.8) is 0 Å². The molecule has 2 saturated carbocycles. The van der Waals surface area contributed by atoms with Crippen molar-refractivity contribution in [3.05, 3.63) is 0 Å². The zero-order valence-electron chi connectivity index (χ0n) is 9.82. The summed E-state index contributed by atoms with van der Waals surface area (Å²) in [4.78, 5) is 0. The first-order valence-corrected chi connectivity index (χ1v) is 7.43. The number of hydrogen-bond acceptors (Lipinski definition) is 3. The first-order chi connectivity index (χ1) is 6.57. The minimum Gasteiger partial charge on any atom is -0.389 e. The van der Waals surface area contributed by atoms with Gasteiger partial charge in [-0.1, -0.05) is 13.8 Å². The molecule has 0 bridgehead atoms. The SMILES string of the molecule is CC1(O)CC2C(CC1S(C)(=O)=O)C2(C)C. The van der Waals surface area contributed by atoms with Crippen LogP contribution >= 0.6 is 0 Å². The van der Waals surface area contributed by atoms with Crippen LogP contribution in [0.25, 0.3) is 0 Å². The first-order valence-electron chi connectivity index (χ1n) is 5.48. The van der Waals surface area contributed by atoms with Crippen LogP contribution in [0.1, 0.15) is 33.6 Å². The van der Waals surface area contributed by atoms with E-state index in [4.69, 9.17) is 0 Å². The van der Waals surface area contributed by atoms with Crippen LogP contribution in [0.2, 0.25) is 0 Å². The Morgan fingerprint density at radius 1 is 1.20 bits per heavy atom. The maximum Gasteiger partial charge on any atom is 0.153 e. The first kappa shape index (κ1) is 11.4. The average Bonchev–Trinajstić information content (AvgIpc) is 2.47. The quantitative estimate of drug-likeness (QED) is 0.739. The molecule has 0 aromatic carbocycles. The molecule has 2 aliphatic rings. The number of fused-ring (bicyclic) bond motifs is 1. The number of rotatable bonds is 1. The van der Waals surface area contributed by atoms with Gasteiger partial charge in [0.25, 0.3) is 0 Å². The Labute approximate surface area is 91.8 Å². The fourth-order valence-electron chi connectivity index (χ4n) is 3.43. The zero-order chi connectivity index (χ0) is 11.6. The van der Waals surface area contributed by atoms with Gasteiger partial charge in [-0.05, 0) is 37.0 Å². The van der Waals surface area contributed by atoms with E-state index in [-0.39, 0.29) is 5.41 Å². The van der Waals surface area contributed by atoms with Gasteiger partial charge in [-0.2, -0.15) is 0 Å². The highest BCUT2D eigenvalue weighted by atomic mass is 32.2. The second-order valence-corrected chi connectivity index (χ2v) is 8.38. The average molecular weight is 232 g/mol. The van der Waals surface area contributed by atoms with Crippen LogP contribution < -0.4 is 0 Å². The molecule has 0 heterocycles. The predicted octanol–water partition coefficient (Wildman–Crippen LogP) is 1.22. The summed E-state index contributed by atoms with van der Waals surface area (Å²) < 4.78 is 23.2. The summed E-state index contributed by atoms with van der Waals surface area (Å²) in [6.45, 7) is 6.01. The van der Waals surface area contributed by atoms with Gasteiger partial charge in [0.2, 0.25) is 0 Å². The molecule has 0 aliphatic heterocycles. The molecule has 0 aromatic heterocycles. The second kappa shape index (κ2) is 2.77. The molecule has 1 N–H and O–H groups in total. The van der Waals surface area contributed by atoms with Crippen molar-refractivity contribution in [3.8, 4) is 0 Å². The van der Waals surface area contributed by atoms with Crippen LogP contribution in [0.15, 0.2) is 0 Å². The van der Waals surface area contributed by atoms with Crippen molar-refractivity contribution in [2.75, 3.05) is 6.26 Å². The molecule has 2 rings (SSSR count). The van der Waals surface area contributed by atoms with Crippen LogP contribution in [-0.4, -0.2) is 30.6 Å². The molecule has 2 aliphatic carbocycles. The van der Waals surface area contributed by atoms with E-state index in [9.17, 15) is 13.5 Å². The van der Waals surface area contributed by atoms with E-state index in [1.165, 1.54) is 6.26 Å². The molecule has 15 heavy (non-hydrogen) atoms. The van der Waals surface area contributed by atoms with Gasteiger partial charge < -0.3 is 5.11 Å². The number of sulfone groups is 1. The van der Waals surface area contributed by atoms with Crippen LogP contribution in [-0.2, 0) is 9.84 Å². The summed E-state index contributed by atoms with van der Waals surface area (Å²) in [6.07, 6.45) is 2.49. The molecule has 4 heteroatoms. The Morgan fingerprint density at radius 2 is 1.73 bits per heavy atom. The van der Waals surface area contributed by atoms with Crippen LogP contribution in [0.3, 0.4) is 0 Å². The second-order valence-electron chi connectivity index (χ2n) is 6.15. The Kier molecular flexibility index (Phi) is 2.11. The van der Waals surface area contributed by atoms with E-state index in [2.05, 4.69) is 13.8 Å². The highest BCUT2D eigenvalue weighted by Gasteiger charge is 2.65. The van der Waals surface area contributed by atoms with E-state index < -0.39 is 20.7 Å². The summed E-state index contributed by atoms with van der Waals surface area (Å²) >= 11 is 0. The maximum absolute atomic E-state index is 11.6. The lowest BCUT2D eigenvalue weighted by molar-refractivity contribution is 0.0219. The monoisotopic (exact) mass is 232 g/mol. The summed E-state index contributed by atoms with van der Waals surface area (Å²) in [5, 5.41) is 9.64. The molecule has 4 atom stereocenters. The summed E-state index contributed by atoms with van der Waals surface area (Å²) in [5.41, 5.74) is -0.814. The molecule has 4 unspecified atom stereocenters. The fourth-order valence-corrected chi connectivity index (χ4v) is 5.00. The Bertz CT molecular complexity index is 381. The highest BCUT2D eigenvalue weighted by Crippen LogP contribution is 2.67. The van der Waals surface area contributed by atoms with Gasteiger partial charge in [0.05, 0.1) is 10.9 Å². The van der Waals surface area contributed by atoms with Crippen molar-refractivity contribution in [1.29, 1.82) is 0 Å². The molecule has 88 valence electrons. The van der Waals surface area contributed by atoms with Crippen molar-refractivity contribution in [1.82, 2.24) is 0 Å². The number of hydrogen-bond donors (Lipinski definition) is 1. The summed E-state index contributed by atoms with van der Waals surface area (Å²) in [5.74, 6) is 0.989. The highest BCUT2D eigenvalue weighted by molar-refractivity contribution is 7.91. The molecule has 0 amide bonds. The maximum atomic E-state index is 11.6. The Morgan fingerprint density at radius 3 is 2.20 bits per heavy atom. The van der Waals surface area contributed by atoms with Crippen molar-refractivity contribution >= 4 is 9.84 Å². The van der Waals surface area contributed by atoms with Crippen LogP contribution in [0, 0.1) is 17.3 Å². The third-order valence-corrected chi connectivity index (χ3v) is 6.33. The minimum atomic E-state index is -3.14. The molecule has 0 aromatic rings. The van der Waals surface area contributed by atoms with Crippen LogP contribution in [0.4, 0.5) is 0 Å². The van der Waals surface area contributed by atoms with Crippen LogP contribution in [0.5, 0.6) is 0 Å². The summed E-state index contributed by atoms with van der Waals surface area (Å²) in [6, 6.07) is 0. The molecule has 0 spiro atoms.